The largest absolute Gasteiger partial charge is 0.505 e. The molecule has 1 aliphatic heterocycles. The number of phenolic OH excluding ortho intramolecular Hbond substituents is 1. The summed E-state index contributed by atoms with van der Waals surface area (Å²) in [5.41, 5.74) is 4.45. The molecule has 8 heteroatoms. The zero-order valence-corrected chi connectivity index (χ0v) is 23.5. The van der Waals surface area contributed by atoms with Crippen molar-refractivity contribution in [3.05, 3.63) is 107 Å². The molecule has 6 rings (SSSR count). The fourth-order valence-corrected chi connectivity index (χ4v) is 5.21. The number of rotatable bonds is 2. The van der Waals surface area contributed by atoms with Gasteiger partial charge in [0, 0.05) is 38.3 Å². The van der Waals surface area contributed by atoms with E-state index in [-0.39, 0.29) is 32.0 Å². The van der Waals surface area contributed by atoms with Crippen LogP contribution in [-0.4, -0.2) is 15.1 Å². The number of phenols is 1. The Morgan fingerprint density at radius 2 is 1.67 bits per heavy atom. The number of hydrogen-bond donors (Lipinski definition) is 1. The molecule has 200 valence electrons. The van der Waals surface area contributed by atoms with E-state index < -0.39 is 17.5 Å². The Morgan fingerprint density at radius 1 is 0.923 bits per heavy atom. The van der Waals surface area contributed by atoms with Crippen molar-refractivity contribution in [3.63, 3.8) is 0 Å². The molecule has 3 aromatic carbocycles. The van der Waals surface area contributed by atoms with E-state index in [4.69, 9.17) is 0 Å². The van der Waals surface area contributed by atoms with Gasteiger partial charge < -0.3 is 10.0 Å². The standard InChI is InChI=1S/C31H23F3N3O.Pt/c1-18-14-15-35-27(16-18)37-25-7-5-4-6-21(25)30(2,3)22-11-9-20(17-26(22)37)24-13-10-19-8-12-23(31(32,33)34)29(38)28(19)36-24;/h4-16,38H,1-3H3;/q-1;. The minimum absolute atomic E-state index is 0. The van der Waals surface area contributed by atoms with E-state index >= 15 is 0 Å². The predicted octanol–water partition coefficient (Wildman–Crippen LogP) is 8.24. The van der Waals surface area contributed by atoms with Gasteiger partial charge in [0.1, 0.15) is 11.3 Å². The van der Waals surface area contributed by atoms with Crippen LogP contribution < -0.4 is 4.90 Å². The van der Waals surface area contributed by atoms with Crippen molar-refractivity contribution in [2.24, 2.45) is 0 Å². The van der Waals surface area contributed by atoms with Crippen LogP contribution in [-0.2, 0) is 32.7 Å². The second kappa shape index (κ2) is 9.49. The molecule has 0 aliphatic carbocycles. The first-order valence-electron chi connectivity index (χ1n) is 12.1. The van der Waals surface area contributed by atoms with Crippen LogP contribution in [0.15, 0.2) is 79.0 Å². The summed E-state index contributed by atoms with van der Waals surface area (Å²) in [4.78, 5) is 11.2. The zero-order chi connectivity index (χ0) is 26.8. The third-order valence-corrected chi connectivity index (χ3v) is 7.19. The summed E-state index contributed by atoms with van der Waals surface area (Å²) in [6.07, 6.45) is -2.92. The molecule has 1 N–H and O–H groups in total. The van der Waals surface area contributed by atoms with Crippen molar-refractivity contribution in [2.45, 2.75) is 32.4 Å². The van der Waals surface area contributed by atoms with Crippen molar-refractivity contribution >= 4 is 28.1 Å². The number of nitrogens with zero attached hydrogens (tertiary/aromatic N) is 3. The smallest absolute Gasteiger partial charge is 0.420 e. The second-order valence-corrected chi connectivity index (χ2v) is 10.0. The maximum atomic E-state index is 13.4. The molecule has 0 bridgehead atoms. The number of halogens is 3. The van der Waals surface area contributed by atoms with Crippen molar-refractivity contribution in [1.29, 1.82) is 0 Å². The van der Waals surface area contributed by atoms with Gasteiger partial charge in [-0.05, 0) is 59.1 Å². The number of aromatic hydroxyl groups is 1. The summed E-state index contributed by atoms with van der Waals surface area (Å²) in [6, 6.07) is 25.1. The number of benzene rings is 3. The molecule has 0 saturated carbocycles. The number of aryl methyl sites for hydroxylation is 1. The normalized spacial score (nSPS) is 13.9. The minimum atomic E-state index is -4.69. The quantitative estimate of drug-likeness (QED) is 0.188. The first kappa shape index (κ1) is 26.9. The molecule has 0 unspecified atom stereocenters. The molecule has 0 radical (unpaired) electrons. The van der Waals surface area contributed by atoms with Crippen LogP contribution in [0.4, 0.5) is 30.4 Å². The van der Waals surface area contributed by atoms with E-state index in [0.29, 0.717) is 16.6 Å². The second-order valence-electron chi connectivity index (χ2n) is 10.0. The van der Waals surface area contributed by atoms with Crippen LogP contribution >= 0.6 is 0 Å². The number of fused-ring (bicyclic) bond motifs is 3. The number of alkyl halides is 3. The minimum Gasteiger partial charge on any atom is -0.505 e. The van der Waals surface area contributed by atoms with E-state index in [1.54, 1.807) is 18.3 Å². The van der Waals surface area contributed by atoms with Gasteiger partial charge in [-0.2, -0.15) is 13.2 Å². The van der Waals surface area contributed by atoms with Crippen molar-refractivity contribution in [2.75, 3.05) is 4.90 Å². The van der Waals surface area contributed by atoms with Gasteiger partial charge >= 0.3 is 6.18 Å². The van der Waals surface area contributed by atoms with E-state index in [0.717, 1.165) is 39.9 Å². The number of aromatic nitrogens is 2. The first-order chi connectivity index (χ1) is 18.1. The fourth-order valence-electron chi connectivity index (χ4n) is 5.21. The Morgan fingerprint density at radius 3 is 2.41 bits per heavy atom. The van der Waals surface area contributed by atoms with Crippen molar-refractivity contribution in [1.82, 2.24) is 9.97 Å². The molecule has 2 aromatic heterocycles. The van der Waals surface area contributed by atoms with Crippen LogP contribution in [0.1, 0.15) is 36.1 Å². The Bertz CT molecular complexity index is 1730. The Kier molecular flexibility index (Phi) is 6.54. The summed E-state index contributed by atoms with van der Waals surface area (Å²) in [6.45, 7) is 6.32. The van der Waals surface area contributed by atoms with Gasteiger partial charge in [0.25, 0.3) is 0 Å². The zero-order valence-electron chi connectivity index (χ0n) is 21.2. The molecule has 5 aromatic rings. The average Bonchev–Trinajstić information content (AvgIpc) is 2.88. The molecule has 0 atom stereocenters. The van der Waals surface area contributed by atoms with Gasteiger partial charge in [-0.1, -0.05) is 55.8 Å². The molecule has 1 aliphatic rings. The van der Waals surface area contributed by atoms with Crippen LogP contribution in [0.25, 0.3) is 22.2 Å². The number of para-hydroxylation sites is 1. The molecule has 39 heavy (non-hydrogen) atoms. The maximum absolute atomic E-state index is 13.4. The molecule has 0 spiro atoms. The Balaban J connectivity index is 0.00000308. The predicted molar refractivity (Wildman–Crippen MR) is 142 cm³/mol. The monoisotopic (exact) mass is 705 g/mol. The van der Waals surface area contributed by atoms with Gasteiger partial charge in [-0.25, -0.2) is 4.98 Å². The van der Waals surface area contributed by atoms with Gasteiger partial charge in [0.05, 0.1) is 5.56 Å². The Hall–Kier alpha value is -3.70. The SMILES string of the molecule is Cc1ccnc(N2c3[c-]c(-c4ccc5ccc(C(F)(F)F)c(O)c5n4)ccc3C(C)(C)c3ccccc32)c1.[Pt]. The summed E-state index contributed by atoms with van der Waals surface area (Å²) in [5, 5.41) is 10.8. The molecule has 4 nitrogen and oxygen atoms in total. The van der Waals surface area contributed by atoms with Crippen LogP contribution in [0, 0.1) is 13.0 Å². The molecule has 0 fully saturated rings. The number of anilines is 3. The van der Waals surface area contributed by atoms with Gasteiger partial charge in [0.15, 0.2) is 5.75 Å². The number of hydrogen-bond acceptors (Lipinski definition) is 4. The first-order valence-corrected chi connectivity index (χ1v) is 12.1. The molecular formula is C31H23F3N3OPt-. The van der Waals surface area contributed by atoms with Crippen molar-refractivity contribution < 1.29 is 39.3 Å². The van der Waals surface area contributed by atoms with E-state index in [1.807, 2.05) is 43.3 Å². The Labute approximate surface area is 238 Å². The van der Waals surface area contributed by atoms with E-state index in [9.17, 15) is 18.3 Å². The molecular weight excluding hydrogens is 682 g/mol. The van der Waals surface area contributed by atoms with E-state index in [2.05, 4.69) is 46.9 Å². The van der Waals surface area contributed by atoms with Gasteiger partial charge in [-0.3, -0.25) is 4.98 Å². The summed E-state index contributed by atoms with van der Waals surface area (Å²) in [5.74, 6) is -0.142. The molecule has 3 heterocycles. The third kappa shape index (κ3) is 4.39. The third-order valence-electron chi connectivity index (χ3n) is 7.19. The van der Waals surface area contributed by atoms with Crippen LogP contribution in [0.2, 0.25) is 0 Å². The number of pyridine rings is 2. The fraction of sp³-hybridized carbons (Fsp3) is 0.161. The maximum Gasteiger partial charge on any atom is 0.420 e. The topological polar surface area (TPSA) is 49.2 Å². The van der Waals surface area contributed by atoms with Gasteiger partial charge in [0.2, 0.25) is 0 Å². The summed E-state index contributed by atoms with van der Waals surface area (Å²) < 4.78 is 40.2. The van der Waals surface area contributed by atoms with Crippen LogP contribution in [0.5, 0.6) is 5.75 Å². The molecule has 0 saturated heterocycles. The van der Waals surface area contributed by atoms with Crippen molar-refractivity contribution in [3.8, 4) is 17.0 Å². The summed E-state index contributed by atoms with van der Waals surface area (Å²) in [7, 11) is 0. The molecule has 0 amide bonds. The summed E-state index contributed by atoms with van der Waals surface area (Å²) >= 11 is 0. The average molecular weight is 706 g/mol. The van der Waals surface area contributed by atoms with Gasteiger partial charge in [-0.15, -0.1) is 23.8 Å². The van der Waals surface area contributed by atoms with Crippen LogP contribution in [0.3, 0.4) is 0 Å². The van der Waals surface area contributed by atoms with E-state index in [1.165, 1.54) is 6.07 Å².